The van der Waals surface area contributed by atoms with Crippen molar-refractivity contribution in [1.82, 2.24) is 10.2 Å². The maximum atomic E-state index is 12.3. The van der Waals surface area contributed by atoms with Gasteiger partial charge < -0.3 is 15.3 Å². The fraction of sp³-hybridized carbons (Fsp3) is 0.857. The van der Waals surface area contributed by atoms with Gasteiger partial charge in [0, 0.05) is 12.6 Å². The molecule has 2 N–H and O–H groups in total. The Kier molecular flexibility index (Phi) is 6.12. The van der Waals surface area contributed by atoms with Crippen LogP contribution in [0.15, 0.2) is 0 Å². The number of carboxylic acid groups (broad SMARTS) is 1. The van der Waals surface area contributed by atoms with E-state index >= 15 is 0 Å². The average molecular weight is 270 g/mol. The zero-order chi connectivity index (χ0) is 14.4. The highest BCUT2D eigenvalue weighted by Gasteiger charge is 2.29. The molecule has 1 rings (SSSR count). The molecule has 2 atom stereocenters. The lowest BCUT2D eigenvalue weighted by molar-refractivity contribution is -0.140. The zero-order valence-corrected chi connectivity index (χ0v) is 12.2. The smallest absolute Gasteiger partial charge is 0.326 e. The number of hydrogen-bond donors (Lipinski definition) is 2. The van der Waals surface area contributed by atoms with Crippen molar-refractivity contribution >= 4 is 12.0 Å². The van der Waals surface area contributed by atoms with Gasteiger partial charge in [0.05, 0.1) is 0 Å². The van der Waals surface area contributed by atoms with E-state index in [0.29, 0.717) is 0 Å². The number of urea groups is 1. The van der Waals surface area contributed by atoms with Gasteiger partial charge in [-0.2, -0.15) is 0 Å². The first-order valence-corrected chi connectivity index (χ1v) is 7.27. The van der Waals surface area contributed by atoms with Crippen LogP contribution in [0.1, 0.15) is 52.9 Å². The second kappa shape index (κ2) is 7.36. The molecule has 0 radical (unpaired) electrons. The number of carboxylic acids is 1. The molecule has 110 valence electrons. The fourth-order valence-corrected chi connectivity index (χ4v) is 2.60. The van der Waals surface area contributed by atoms with Crippen LogP contribution in [-0.4, -0.2) is 40.6 Å². The minimum Gasteiger partial charge on any atom is -0.480 e. The van der Waals surface area contributed by atoms with E-state index in [0.717, 1.165) is 38.6 Å². The summed E-state index contributed by atoms with van der Waals surface area (Å²) in [5.41, 5.74) is 0. The van der Waals surface area contributed by atoms with Crippen molar-refractivity contribution in [2.24, 2.45) is 5.92 Å². The molecule has 0 aromatic rings. The van der Waals surface area contributed by atoms with Gasteiger partial charge in [-0.3, -0.25) is 0 Å². The van der Waals surface area contributed by atoms with Crippen LogP contribution in [0.2, 0.25) is 0 Å². The number of hydrogen-bond acceptors (Lipinski definition) is 2. The number of carbonyl (C=O) groups is 2. The molecular weight excluding hydrogens is 244 g/mol. The van der Waals surface area contributed by atoms with Crippen molar-refractivity contribution in [2.45, 2.75) is 65.0 Å². The fourth-order valence-electron chi connectivity index (χ4n) is 2.60. The van der Waals surface area contributed by atoms with E-state index in [2.05, 4.69) is 12.2 Å². The first-order chi connectivity index (χ1) is 8.97. The van der Waals surface area contributed by atoms with Crippen LogP contribution in [-0.2, 0) is 4.79 Å². The van der Waals surface area contributed by atoms with Crippen molar-refractivity contribution in [2.75, 3.05) is 6.54 Å². The summed E-state index contributed by atoms with van der Waals surface area (Å²) in [6.07, 6.45) is 5.24. The molecule has 1 fully saturated rings. The van der Waals surface area contributed by atoms with Gasteiger partial charge in [-0.1, -0.05) is 33.6 Å². The first kappa shape index (κ1) is 15.8. The summed E-state index contributed by atoms with van der Waals surface area (Å²) >= 11 is 0. The van der Waals surface area contributed by atoms with Gasteiger partial charge in [-0.25, -0.2) is 9.59 Å². The highest BCUT2D eigenvalue weighted by molar-refractivity contribution is 5.83. The van der Waals surface area contributed by atoms with Crippen LogP contribution in [0.4, 0.5) is 4.79 Å². The Hall–Kier alpha value is -1.26. The van der Waals surface area contributed by atoms with E-state index in [9.17, 15) is 9.59 Å². The maximum absolute atomic E-state index is 12.3. The minimum absolute atomic E-state index is 0.117. The summed E-state index contributed by atoms with van der Waals surface area (Å²) in [5.74, 6) is -1.08. The van der Waals surface area contributed by atoms with E-state index < -0.39 is 12.0 Å². The zero-order valence-electron chi connectivity index (χ0n) is 12.2. The number of amides is 2. The Bertz CT molecular complexity index is 318. The molecule has 1 heterocycles. The second-order valence-corrected chi connectivity index (χ2v) is 5.61. The molecule has 0 aliphatic carbocycles. The Labute approximate surface area is 115 Å². The predicted octanol–water partition coefficient (Wildman–Crippen LogP) is 2.46. The molecule has 1 aliphatic heterocycles. The number of nitrogens with one attached hydrogen (secondary N) is 1. The number of likely N-dealkylation sites (tertiary alicyclic amines) is 1. The topological polar surface area (TPSA) is 69.6 Å². The van der Waals surface area contributed by atoms with Crippen molar-refractivity contribution in [1.29, 1.82) is 0 Å². The van der Waals surface area contributed by atoms with Crippen LogP contribution in [0.3, 0.4) is 0 Å². The third-order valence-electron chi connectivity index (χ3n) is 3.82. The third kappa shape index (κ3) is 4.40. The molecule has 1 aliphatic rings. The average Bonchev–Trinajstić information content (AvgIpc) is 2.59. The summed E-state index contributed by atoms with van der Waals surface area (Å²) < 4.78 is 0. The predicted molar refractivity (Wildman–Crippen MR) is 74.0 cm³/mol. The van der Waals surface area contributed by atoms with E-state index in [1.54, 1.807) is 13.8 Å². The van der Waals surface area contributed by atoms with E-state index in [-0.39, 0.29) is 18.0 Å². The maximum Gasteiger partial charge on any atom is 0.326 e. The molecular formula is C14H26N2O3. The summed E-state index contributed by atoms with van der Waals surface area (Å²) in [4.78, 5) is 25.3. The highest BCUT2D eigenvalue weighted by atomic mass is 16.4. The SMILES string of the molecule is CCC1CCCCCN1C(=O)N[C@H](C(=O)O)C(C)C. The van der Waals surface area contributed by atoms with Crippen LogP contribution in [0.25, 0.3) is 0 Å². The van der Waals surface area contributed by atoms with Gasteiger partial charge in [-0.15, -0.1) is 0 Å². The number of rotatable bonds is 4. The molecule has 19 heavy (non-hydrogen) atoms. The molecule has 1 saturated heterocycles. The van der Waals surface area contributed by atoms with E-state index in [1.165, 1.54) is 0 Å². The summed E-state index contributed by atoms with van der Waals surface area (Å²) in [5, 5.41) is 11.8. The van der Waals surface area contributed by atoms with Gasteiger partial charge in [-0.05, 0) is 25.2 Å². The molecule has 5 nitrogen and oxygen atoms in total. The number of nitrogens with zero attached hydrogens (tertiary/aromatic N) is 1. The highest BCUT2D eigenvalue weighted by Crippen LogP contribution is 2.19. The standard InChI is InChI=1S/C14H26N2O3/c1-4-11-8-6-5-7-9-16(11)14(19)15-12(10(2)3)13(17)18/h10-12H,4-9H2,1-3H3,(H,15,19)(H,17,18)/t11?,12-/m0/s1. The lowest BCUT2D eigenvalue weighted by atomic mass is 10.0. The molecule has 5 heteroatoms. The van der Waals surface area contributed by atoms with Crippen LogP contribution in [0, 0.1) is 5.92 Å². The Morgan fingerprint density at radius 1 is 1.32 bits per heavy atom. The van der Waals surface area contributed by atoms with Crippen LogP contribution in [0.5, 0.6) is 0 Å². The van der Waals surface area contributed by atoms with Crippen LogP contribution >= 0.6 is 0 Å². The monoisotopic (exact) mass is 270 g/mol. The molecule has 0 aromatic heterocycles. The lowest BCUT2D eigenvalue weighted by Crippen LogP contribution is -2.52. The summed E-state index contributed by atoms with van der Waals surface area (Å²) in [6, 6.07) is -0.799. The molecule has 0 spiro atoms. The van der Waals surface area contributed by atoms with Gasteiger partial charge in [0.1, 0.15) is 6.04 Å². The molecule has 1 unspecified atom stereocenters. The lowest BCUT2D eigenvalue weighted by Gasteiger charge is -2.31. The van der Waals surface area contributed by atoms with E-state index in [1.807, 2.05) is 4.90 Å². The molecule has 0 bridgehead atoms. The third-order valence-corrected chi connectivity index (χ3v) is 3.82. The molecule has 2 amide bonds. The Morgan fingerprint density at radius 3 is 2.53 bits per heavy atom. The largest absolute Gasteiger partial charge is 0.480 e. The quantitative estimate of drug-likeness (QED) is 0.824. The van der Waals surface area contributed by atoms with Gasteiger partial charge >= 0.3 is 12.0 Å². The first-order valence-electron chi connectivity index (χ1n) is 7.27. The second-order valence-electron chi connectivity index (χ2n) is 5.61. The van der Waals surface area contributed by atoms with Crippen molar-refractivity contribution < 1.29 is 14.7 Å². The normalized spacial score (nSPS) is 21.9. The van der Waals surface area contributed by atoms with Gasteiger partial charge in [0.25, 0.3) is 0 Å². The van der Waals surface area contributed by atoms with Crippen molar-refractivity contribution in [3.05, 3.63) is 0 Å². The number of carbonyl (C=O) groups excluding carboxylic acids is 1. The van der Waals surface area contributed by atoms with Gasteiger partial charge in [0.2, 0.25) is 0 Å². The number of aliphatic carboxylic acids is 1. The Balaban J connectivity index is 2.70. The van der Waals surface area contributed by atoms with Gasteiger partial charge in [0.15, 0.2) is 0 Å². The Morgan fingerprint density at radius 2 is 2.00 bits per heavy atom. The van der Waals surface area contributed by atoms with Crippen molar-refractivity contribution in [3.8, 4) is 0 Å². The molecule has 0 saturated carbocycles. The van der Waals surface area contributed by atoms with E-state index in [4.69, 9.17) is 5.11 Å². The van der Waals surface area contributed by atoms with Crippen molar-refractivity contribution in [3.63, 3.8) is 0 Å². The molecule has 0 aromatic carbocycles. The van der Waals surface area contributed by atoms with Crippen LogP contribution < -0.4 is 5.32 Å². The summed E-state index contributed by atoms with van der Waals surface area (Å²) in [6.45, 7) is 6.42. The summed E-state index contributed by atoms with van der Waals surface area (Å²) in [7, 11) is 0. The minimum atomic E-state index is -0.966.